The summed E-state index contributed by atoms with van der Waals surface area (Å²) in [7, 11) is 0. The van der Waals surface area contributed by atoms with Gasteiger partial charge in [-0.15, -0.1) is 10.2 Å². The second-order valence-corrected chi connectivity index (χ2v) is 9.31. The summed E-state index contributed by atoms with van der Waals surface area (Å²) in [4.78, 5) is 38.6. The molecule has 2 aromatic rings. The third-order valence-corrected chi connectivity index (χ3v) is 7.02. The quantitative estimate of drug-likeness (QED) is 0.657. The molecule has 0 radical (unpaired) electrons. The van der Waals surface area contributed by atoms with Crippen molar-refractivity contribution in [1.82, 2.24) is 25.0 Å². The van der Waals surface area contributed by atoms with Crippen molar-refractivity contribution in [2.75, 3.05) is 11.9 Å². The third kappa shape index (κ3) is 4.24. The van der Waals surface area contributed by atoms with Gasteiger partial charge in [-0.2, -0.15) is 0 Å². The molecule has 5 rings (SSSR count). The van der Waals surface area contributed by atoms with E-state index in [1.165, 1.54) is 11.3 Å². The predicted octanol–water partition coefficient (Wildman–Crippen LogP) is 3.25. The number of aromatic nitrogens is 3. The van der Waals surface area contributed by atoms with Gasteiger partial charge in [0.25, 0.3) is 5.91 Å². The molecule has 3 aliphatic rings. The molecule has 0 bridgehead atoms. The Hall–Kier alpha value is -3.23. The van der Waals surface area contributed by atoms with Crippen LogP contribution in [0.15, 0.2) is 24.3 Å². The van der Waals surface area contributed by atoms with E-state index in [2.05, 4.69) is 25.4 Å². The molecule has 3 heterocycles. The molecule has 1 aromatic heterocycles. The highest BCUT2D eigenvalue weighted by Crippen LogP contribution is 2.35. The van der Waals surface area contributed by atoms with Crippen LogP contribution in [0, 0.1) is 0 Å². The number of nitrogens with zero attached hydrogens (tertiary/aromatic N) is 4. The van der Waals surface area contributed by atoms with Crippen molar-refractivity contribution < 1.29 is 14.4 Å². The van der Waals surface area contributed by atoms with Crippen LogP contribution in [0.2, 0.25) is 0 Å². The fourth-order valence-electron chi connectivity index (χ4n) is 5.22. The number of carbonyl (C=O) groups is 3. The molecule has 1 aliphatic carbocycles. The summed E-state index contributed by atoms with van der Waals surface area (Å²) < 4.78 is 2.20. The SMILES string of the molecule is O=C(CCCN1C(=O)NC2(CCCC2)C1=O)Nc1ccc(-c2nnc3n2CCCCC3)cc1. The second kappa shape index (κ2) is 8.96. The van der Waals surface area contributed by atoms with Crippen LogP contribution >= 0.6 is 0 Å². The van der Waals surface area contributed by atoms with E-state index in [1.807, 2.05) is 24.3 Å². The van der Waals surface area contributed by atoms with E-state index in [0.717, 1.165) is 55.9 Å². The highest BCUT2D eigenvalue weighted by molar-refractivity contribution is 6.07. The van der Waals surface area contributed by atoms with Gasteiger partial charge in [0, 0.05) is 37.2 Å². The minimum Gasteiger partial charge on any atom is -0.326 e. The maximum Gasteiger partial charge on any atom is 0.325 e. The number of imide groups is 1. The van der Waals surface area contributed by atoms with E-state index >= 15 is 0 Å². The monoisotopic (exact) mass is 450 g/mol. The van der Waals surface area contributed by atoms with Crippen LogP contribution in [0.25, 0.3) is 11.4 Å². The van der Waals surface area contributed by atoms with Crippen LogP contribution in [0.4, 0.5) is 10.5 Å². The van der Waals surface area contributed by atoms with E-state index in [9.17, 15) is 14.4 Å². The van der Waals surface area contributed by atoms with Crippen molar-refractivity contribution >= 4 is 23.5 Å². The first-order valence-corrected chi connectivity index (χ1v) is 12.0. The summed E-state index contributed by atoms with van der Waals surface area (Å²) in [6.07, 6.45) is 8.48. The summed E-state index contributed by atoms with van der Waals surface area (Å²) >= 11 is 0. The maximum atomic E-state index is 12.7. The highest BCUT2D eigenvalue weighted by atomic mass is 16.2. The normalized spacial score (nSPS) is 19.5. The molecular formula is C24H30N6O3. The van der Waals surface area contributed by atoms with Gasteiger partial charge in [-0.05, 0) is 56.4 Å². The van der Waals surface area contributed by atoms with E-state index < -0.39 is 5.54 Å². The Morgan fingerprint density at radius 2 is 1.82 bits per heavy atom. The molecule has 9 heteroatoms. The first-order valence-electron chi connectivity index (χ1n) is 12.0. The van der Waals surface area contributed by atoms with Gasteiger partial charge in [-0.1, -0.05) is 19.3 Å². The lowest BCUT2D eigenvalue weighted by molar-refractivity contribution is -0.131. The Kier molecular flexibility index (Phi) is 5.86. The molecule has 174 valence electrons. The van der Waals surface area contributed by atoms with Gasteiger partial charge >= 0.3 is 6.03 Å². The second-order valence-electron chi connectivity index (χ2n) is 9.31. The molecule has 1 aromatic carbocycles. The summed E-state index contributed by atoms with van der Waals surface area (Å²) in [6, 6.07) is 7.31. The van der Waals surface area contributed by atoms with Crippen LogP contribution in [0.1, 0.15) is 63.6 Å². The molecule has 2 N–H and O–H groups in total. The molecule has 0 unspecified atom stereocenters. The Labute approximate surface area is 192 Å². The highest BCUT2D eigenvalue weighted by Gasteiger charge is 2.52. The van der Waals surface area contributed by atoms with Crippen molar-refractivity contribution in [3.8, 4) is 11.4 Å². The summed E-state index contributed by atoms with van der Waals surface area (Å²) in [5, 5.41) is 14.5. The Balaban J connectivity index is 1.13. The Morgan fingerprint density at radius 1 is 1.03 bits per heavy atom. The number of benzene rings is 1. The fourth-order valence-corrected chi connectivity index (χ4v) is 5.22. The number of anilines is 1. The maximum absolute atomic E-state index is 12.7. The number of urea groups is 1. The number of aryl methyl sites for hydroxylation is 1. The molecule has 2 fully saturated rings. The molecule has 1 saturated carbocycles. The number of fused-ring (bicyclic) bond motifs is 1. The standard InChI is InChI=1S/C24H30N6O3/c31-20(8-6-16-30-22(32)24(26-23(30)33)13-3-4-14-24)25-18-11-9-17(10-12-18)21-28-27-19-7-2-1-5-15-29(19)21/h9-12H,1-8,13-16H2,(H,25,31)(H,26,33). The van der Waals surface area contributed by atoms with Crippen LogP contribution < -0.4 is 10.6 Å². The number of amides is 4. The van der Waals surface area contributed by atoms with Crippen LogP contribution in [0.3, 0.4) is 0 Å². The molecule has 9 nitrogen and oxygen atoms in total. The zero-order valence-electron chi connectivity index (χ0n) is 18.8. The number of rotatable bonds is 6. The molecule has 0 atom stereocenters. The number of hydrogen-bond acceptors (Lipinski definition) is 5. The lowest BCUT2D eigenvalue weighted by Gasteiger charge is -2.19. The van der Waals surface area contributed by atoms with Crippen molar-refractivity contribution in [2.45, 2.75) is 76.3 Å². The van der Waals surface area contributed by atoms with E-state index in [-0.39, 0.29) is 30.8 Å². The van der Waals surface area contributed by atoms with Gasteiger partial charge in [0.05, 0.1) is 0 Å². The molecule has 1 spiro atoms. The van der Waals surface area contributed by atoms with Crippen molar-refractivity contribution in [1.29, 1.82) is 0 Å². The Morgan fingerprint density at radius 3 is 2.61 bits per heavy atom. The van der Waals surface area contributed by atoms with Gasteiger partial charge < -0.3 is 15.2 Å². The fraction of sp³-hybridized carbons (Fsp3) is 0.542. The van der Waals surface area contributed by atoms with Crippen LogP contribution in [-0.4, -0.2) is 49.6 Å². The average Bonchev–Trinajstić information content (AvgIpc) is 3.44. The summed E-state index contributed by atoms with van der Waals surface area (Å²) in [5.74, 6) is 1.65. The number of carbonyl (C=O) groups excluding carboxylic acids is 3. The lowest BCUT2D eigenvalue weighted by Crippen LogP contribution is -2.44. The Bertz CT molecular complexity index is 1050. The van der Waals surface area contributed by atoms with Gasteiger partial charge in [0.1, 0.15) is 11.4 Å². The van der Waals surface area contributed by atoms with Crippen LogP contribution in [-0.2, 0) is 22.6 Å². The first-order chi connectivity index (χ1) is 16.1. The van der Waals surface area contributed by atoms with Crippen LogP contribution in [0.5, 0.6) is 0 Å². The van der Waals surface area contributed by atoms with E-state index in [1.54, 1.807) is 0 Å². The van der Waals surface area contributed by atoms with Gasteiger partial charge in [-0.3, -0.25) is 14.5 Å². The molecule has 2 aliphatic heterocycles. The predicted molar refractivity (Wildman–Crippen MR) is 122 cm³/mol. The van der Waals surface area contributed by atoms with E-state index in [4.69, 9.17) is 0 Å². The number of nitrogens with one attached hydrogen (secondary N) is 2. The topological polar surface area (TPSA) is 109 Å². The summed E-state index contributed by atoms with van der Waals surface area (Å²) in [6.45, 7) is 1.20. The van der Waals surface area contributed by atoms with Crippen molar-refractivity contribution in [2.24, 2.45) is 0 Å². The minimum absolute atomic E-state index is 0.132. The zero-order chi connectivity index (χ0) is 22.8. The van der Waals surface area contributed by atoms with E-state index in [0.29, 0.717) is 24.9 Å². The number of hydrogen-bond donors (Lipinski definition) is 2. The largest absolute Gasteiger partial charge is 0.326 e. The van der Waals surface area contributed by atoms with Gasteiger partial charge in [-0.25, -0.2) is 4.79 Å². The minimum atomic E-state index is -0.691. The smallest absolute Gasteiger partial charge is 0.325 e. The molecular weight excluding hydrogens is 420 g/mol. The molecule has 1 saturated heterocycles. The third-order valence-electron chi connectivity index (χ3n) is 7.02. The lowest BCUT2D eigenvalue weighted by atomic mass is 9.98. The van der Waals surface area contributed by atoms with Gasteiger partial charge in [0.15, 0.2) is 5.82 Å². The first kappa shape index (κ1) is 21.6. The van der Waals surface area contributed by atoms with Gasteiger partial charge in [0.2, 0.25) is 5.91 Å². The average molecular weight is 451 g/mol. The summed E-state index contributed by atoms with van der Waals surface area (Å²) in [5.41, 5.74) is 0.997. The van der Waals surface area contributed by atoms with Crippen molar-refractivity contribution in [3.05, 3.63) is 30.1 Å². The zero-order valence-corrected chi connectivity index (χ0v) is 18.8. The van der Waals surface area contributed by atoms with Crippen molar-refractivity contribution in [3.63, 3.8) is 0 Å². The molecule has 33 heavy (non-hydrogen) atoms. The molecule has 4 amide bonds.